The molecule has 0 aliphatic carbocycles. The second-order valence-corrected chi connectivity index (χ2v) is 7.48. The molecular weight excluding hydrogens is 293 g/mol. The normalized spacial score (nSPS) is 20.4. The van der Waals surface area contributed by atoms with E-state index >= 15 is 0 Å². The Morgan fingerprint density at radius 3 is 2.60 bits per heavy atom. The second kappa shape index (κ2) is 6.05. The van der Waals surface area contributed by atoms with Crippen LogP contribution < -0.4 is 0 Å². The summed E-state index contributed by atoms with van der Waals surface area (Å²) in [5.74, 6) is 0.720. The number of rotatable bonds is 3. The van der Waals surface area contributed by atoms with E-state index in [1.807, 2.05) is 0 Å². The first-order chi connectivity index (χ1) is 9.27. The molecule has 1 heterocycles. The summed E-state index contributed by atoms with van der Waals surface area (Å²) in [6.45, 7) is 9.20. The van der Waals surface area contributed by atoms with Crippen LogP contribution in [0.4, 0.5) is 0 Å². The van der Waals surface area contributed by atoms with Gasteiger partial charge in [0.05, 0.1) is 11.6 Å². The quantitative estimate of drug-likeness (QED) is 0.763. The van der Waals surface area contributed by atoms with Gasteiger partial charge >= 0.3 is 0 Å². The highest BCUT2D eigenvalue weighted by atomic mass is 35.5. The minimum atomic E-state index is 0.0706. The van der Waals surface area contributed by atoms with Gasteiger partial charge in [-0.25, -0.2) is 0 Å². The number of benzene rings is 1. The van der Waals surface area contributed by atoms with Gasteiger partial charge in [0, 0.05) is 17.1 Å². The molecule has 1 fully saturated rings. The molecular formula is C16H21Cl2NO. The Hall–Kier alpha value is -0.570. The van der Waals surface area contributed by atoms with E-state index in [0.717, 1.165) is 19.5 Å². The third kappa shape index (κ3) is 3.75. The number of ketones is 1. The Morgan fingerprint density at radius 1 is 1.35 bits per heavy atom. The largest absolute Gasteiger partial charge is 0.295 e. The van der Waals surface area contributed by atoms with Crippen molar-refractivity contribution in [3.63, 3.8) is 0 Å². The Balaban J connectivity index is 1.99. The molecule has 1 unspecified atom stereocenters. The van der Waals surface area contributed by atoms with Crippen molar-refractivity contribution >= 4 is 29.0 Å². The van der Waals surface area contributed by atoms with E-state index < -0.39 is 0 Å². The van der Waals surface area contributed by atoms with Crippen molar-refractivity contribution in [1.82, 2.24) is 4.90 Å². The smallest absolute Gasteiger partial charge is 0.178 e. The van der Waals surface area contributed by atoms with E-state index in [9.17, 15) is 4.79 Å². The molecule has 0 aromatic heterocycles. The van der Waals surface area contributed by atoms with Gasteiger partial charge in [-0.2, -0.15) is 0 Å². The molecule has 1 aliphatic heterocycles. The first kappa shape index (κ1) is 15.8. The highest BCUT2D eigenvalue weighted by Gasteiger charge is 2.32. The summed E-state index contributed by atoms with van der Waals surface area (Å²) in [5.41, 5.74) is 0.866. The van der Waals surface area contributed by atoms with Gasteiger partial charge in [0.15, 0.2) is 5.78 Å². The lowest BCUT2D eigenvalue weighted by atomic mass is 9.80. The fourth-order valence-electron chi connectivity index (χ4n) is 2.69. The van der Waals surface area contributed by atoms with Crippen LogP contribution in [0.3, 0.4) is 0 Å². The van der Waals surface area contributed by atoms with Crippen molar-refractivity contribution in [3.05, 3.63) is 33.8 Å². The van der Waals surface area contributed by atoms with Crippen molar-refractivity contribution in [2.75, 3.05) is 19.6 Å². The average molecular weight is 314 g/mol. The minimum Gasteiger partial charge on any atom is -0.295 e. The molecule has 1 aromatic carbocycles. The Morgan fingerprint density at radius 2 is 2.05 bits per heavy atom. The van der Waals surface area contributed by atoms with Crippen LogP contribution in [0, 0.1) is 11.3 Å². The summed E-state index contributed by atoms with van der Waals surface area (Å²) < 4.78 is 0. The molecule has 1 aliphatic rings. The second-order valence-electron chi connectivity index (χ2n) is 6.63. The van der Waals surface area contributed by atoms with Gasteiger partial charge < -0.3 is 0 Å². The van der Waals surface area contributed by atoms with E-state index in [-0.39, 0.29) is 5.78 Å². The van der Waals surface area contributed by atoms with Crippen molar-refractivity contribution in [1.29, 1.82) is 0 Å². The molecule has 2 rings (SSSR count). The highest BCUT2D eigenvalue weighted by Crippen LogP contribution is 2.33. The van der Waals surface area contributed by atoms with Gasteiger partial charge in [-0.15, -0.1) is 0 Å². The Kier molecular flexibility index (Phi) is 4.78. The fourth-order valence-corrected chi connectivity index (χ4v) is 3.20. The molecule has 0 bridgehead atoms. The Labute approximate surface area is 131 Å². The molecule has 4 heteroatoms. The van der Waals surface area contributed by atoms with Gasteiger partial charge in [-0.1, -0.05) is 44.0 Å². The third-order valence-electron chi connectivity index (χ3n) is 4.10. The molecule has 0 spiro atoms. The number of halogens is 2. The lowest BCUT2D eigenvalue weighted by Crippen LogP contribution is -2.30. The lowest BCUT2D eigenvalue weighted by molar-refractivity contribution is 0.0938. The van der Waals surface area contributed by atoms with E-state index in [4.69, 9.17) is 23.2 Å². The predicted octanol–water partition coefficient (Wildman–Crippen LogP) is 4.54. The predicted molar refractivity (Wildman–Crippen MR) is 84.8 cm³/mol. The monoisotopic (exact) mass is 313 g/mol. The topological polar surface area (TPSA) is 20.3 Å². The maximum Gasteiger partial charge on any atom is 0.178 e. The maximum atomic E-state index is 12.3. The van der Waals surface area contributed by atoms with Crippen LogP contribution in [-0.2, 0) is 0 Å². The lowest BCUT2D eigenvalue weighted by Gasteiger charge is -2.27. The zero-order valence-corrected chi connectivity index (χ0v) is 13.8. The third-order valence-corrected chi connectivity index (χ3v) is 4.64. The molecule has 20 heavy (non-hydrogen) atoms. The fraction of sp³-hybridized carbons (Fsp3) is 0.562. The molecule has 1 saturated heterocycles. The van der Waals surface area contributed by atoms with Crippen LogP contribution in [0.1, 0.15) is 37.6 Å². The van der Waals surface area contributed by atoms with E-state index in [1.54, 1.807) is 18.2 Å². The summed E-state index contributed by atoms with van der Waals surface area (Å²) >= 11 is 11.9. The van der Waals surface area contributed by atoms with Crippen molar-refractivity contribution < 1.29 is 4.79 Å². The SMILES string of the molecule is CC(C)(C)C1CCN(CC(=O)c2ccc(Cl)cc2Cl)C1. The minimum absolute atomic E-state index is 0.0706. The molecule has 1 aromatic rings. The van der Waals surface area contributed by atoms with Crippen LogP contribution in [-0.4, -0.2) is 30.3 Å². The zero-order chi connectivity index (χ0) is 14.9. The van der Waals surface area contributed by atoms with E-state index in [1.165, 1.54) is 0 Å². The van der Waals surface area contributed by atoms with Crippen LogP contribution >= 0.6 is 23.2 Å². The number of hydrogen-bond donors (Lipinski definition) is 0. The van der Waals surface area contributed by atoms with Gasteiger partial charge in [0.1, 0.15) is 0 Å². The standard InChI is InChI=1S/C16H21Cl2NO/c1-16(2,3)11-6-7-19(9-11)10-15(20)13-5-4-12(17)8-14(13)18/h4-5,8,11H,6-7,9-10H2,1-3H3. The molecule has 1 atom stereocenters. The van der Waals surface area contributed by atoms with Crippen LogP contribution in [0.25, 0.3) is 0 Å². The summed E-state index contributed by atoms with van der Waals surface area (Å²) in [6, 6.07) is 5.05. The molecule has 0 radical (unpaired) electrons. The van der Waals surface area contributed by atoms with Crippen LogP contribution in [0.2, 0.25) is 10.0 Å². The highest BCUT2D eigenvalue weighted by molar-refractivity contribution is 6.36. The summed E-state index contributed by atoms with van der Waals surface area (Å²) in [6.07, 6.45) is 1.16. The average Bonchev–Trinajstić information content (AvgIpc) is 2.76. The summed E-state index contributed by atoms with van der Waals surface area (Å²) in [7, 11) is 0. The number of likely N-dealkylation sites (tertiary alicyclic amines) is 1. The maximum absolute atomic E-state index is 12.3. The summed E-state index contributed by atoms with van der Waals surface area (Å²) in [4.78, 5) is 14.5. The first-order valence-corrected chi connectivity index (χ1v) is 7.73. The van der Waals surface area contributed by atoms with Crippen molar-refractivity contribution in [3.8, 4) is 0 Å². The van der Waals surface area contributed by atoms with Gasteiger partial charge in [0.25, 0.3) is 0 Å². The van der Waals surface area contributed by atoms with Gasteiger partial charge in [-0.05, 0) is 42.5 Å². The molecule has 110 valence electrons. The van der Waals surface area contributed by atoms with Crippen LogP contribution in [0.15, 0.2) is 18.2 Å². The van der Waals surface area contributed by atoms with E-state index in [2.05, 4.69) is 25.7 Å². The number of carbonyl (C=O) groups excluding carboxylic acids is 1. The van der Waals surface area contributed by atoms with Crippen molar-refractivity contribution in [2.24, 2.45) is 11.3 Å². The molecule has 0 saturated carbocycles. The van der Waals surface area contributed by atoms with E-state index in [0.29, 0.717) is 33.5 Å². The van der Waals surface area contributed by atoms with Gasteiger partial charge in [-0.3, -0.25) is 9.69 Å². The van der Waals surface area contributed by atoms with Crippen molar-refractivity contribution in [2.45, 2.75) is 27.2 Å². The summed E-state index contributed by atoms with van der Waals surface area (Å²) in [5, 5.41) is 0.995. The number of carbonyl (C=O) groups is 1. The van der Waals surface area contributed by atoms with Crippen LogP contribution in [0.5, 0.6) is 0 Å². The first-order valence-electron chi connectivity index (χ1n) is 6.98. The number of Topliss-reactive ketones (excluding diaryl/α,β-unsaturated/α-hetero) is 1. The molecule has 0 N–H and O–H groups in total. The molecule has 0 amide bonds. The number of nitrogens with zero attached hydrogens (tertiary/aromatic N) is 1. The molecule has 2 nitrogen and oxygen atoms in total. The Bertz CT molecular complexity index is 508. The zero-order valence-electron chi connectivity index (χ0n) is 12.2. The van der Waals surface area contributed by atoms with Gasteiger partial charge in [0.2, 0.25) is 0 Å². The number of hydrogen-bond acceptors (Lipinski definition) is 2.